The molecule has 0 aromatic heterocycles. The van der Waals surface area contributed by atoms with Crippen molar-refractivity contribution in [2.24, 2.45) is 0 Å². The Hall–Kier alpha value is -1.67. The van der Waals surface area contributed by atoms with Crippen LogP contribution in [0, 0.1) is 11.3 Å². The average molecular weight is 274 g/mol. The Morgan fingerprint density at radius 1 is 1.56 bits per heavy atom. The summed E-state index contributed by atoms with van der Waals surface area (Å²) in [5.74, 6) is -1.09. The van der Waals surface area contributed by atoms with Gasteiger partial charge < -0.3 is 4.74 Å². The SMILES string of the molecule is CCOC(=O)c1cc(C#N)cc(CCl)c1C(F)F. The van der Waals surface area contributed by atoms with Crippen molar-refractivity contribution >= 4 is 17.6 Å². The number of alkyl halides is 3. The summed E-state index contributed by atoms with van der Waals surface area (Å²) in [5.41, 5.74) is -0.615. The maximum absolute atomic E-state index is 13.0. The minimum atomic E-state index is -2.86. The molecule has 3 nitrogen and oxygen atoms in total. The molecule has 0 aliphatic rings. The molecule has 0 heterocycles. The van der Waals surface area contributed by atoms with Crippen LogP contribution in [-0.2, 0) is 10.6 Å². The van der Waals surface area contributed by atoms with Gasteiger partial charge in [-0.15, -0.1) is 11.6 Å². The molecule has 0 aliphatic carbocycles. The fourth-order valence-electron chi connectivity index (χ4n) is 1.52. The van der Waals surface area contributed by atoms with E-state index in [1.165, 1.54) is 6.07 Å². The fraction of sp³-hybridized carbons (Fsp3) is 0.333. The van der Waals surface area contributed by atoms with Gasteiger partial charge in [-0.2, -0.15) is 5.26 Å². The highest BCUT2D eigenvalue weighted by Gasteiger charge is 2.23. The highest BCUT2D eigenvalue weighted by molar-refractivity contribution is 6.17. The molecule has 0 unspecified atom stereocenters. The van der Waals surface area contributed by atoms with E-state index >= 15 is 0 Å². The van der Waals surface area contributed by atoms with Gasteiger partial charge in [-0.1, -0.05) is 0 Å². The van der Waals surface area contributed by atoms with Crippen molar-refractivity contribution in [1.82, 2.24) is 0 Å². The summed E-state index contributed by atoms with van der Waals surface area (Å²) < 4.78 is 30.6. The monoisotopic (exact) mass is 273 g/mol. The number of benzene rings is 1. The number of ether oxygens (including phenoxy) is 1. The van der Waals surface area contributed by atoms with Gasteiger partial charge in [0.05, 0.1) is 23.8 Å². The number of carbonyl (C=O) groups excluding carboxylic acids is 1. The van der Waals surface area contributed by atoms with Crippen LogP contribution in [-0.4, -0.2) is 12.6 Å². The van der Waals surface area contributed by atoms with Crippen LogP contribution in [0.15, 0.2) is 12.1 Å². The number of hydrogen-bond acceptors (Lipinski definition) is 3. The van der Waals surface area contributed by atoms with Gasteiger partial charge in [-0.25, -0.2) is 13.6 Å². The van der Waals surface area contributed by atoms with Gasteiger partial charge in [0, 0.05) is 11.4 Å². The molecule has 0 atom stereocenters. The molecule has 0 N–H and O–H groups in total. The summed E-state index contributed by atoms with van der Waals surface area (Å²) in [7, 11) is 0. The van der Waals surface area contributed by atoms with Crippen molar-refractivity contribution in [3.8, 4) is 6.07 Å². The van der Waals surface area contributed by atoms with E-state index in [4.69, 9.17) is 21.6 Å². The minimum absolute atomic E-state index is 0.0637. The van der Waals surface area contributed by atoms with Crippen molar-refractivity contribution in [2.75, 3.05) is 6.61 Å². The van der Waals surface area contributed by atoms with Gasteiger partial charge in [-0.05, 0) is 24.6 Å². The zero-order chi connectivity index (χ0) is 13.7. The zero-order valence-electron chi connectivity index (χ0n) is 9.54. The maximum Gasteiger partial charge on any atom is 0.338 e. The fourth-order valence-corrected chi connectivity index (χ4v) is 1.75. The molecule has 0 amide bonds. The molecule has 1 aromatic carbocycles. The van der Waals surface area contributed by atoms with Crippen LogP contribution in [0.2, 0.25) is 0 Å². The molecule has 1 aromatic rings. The average Bonchev–Trinajstić information content (AvgIpc) is 2.36. The molecular formula is C12H10ClF2NO2. The molecular weight excluding hydrogens is 264 g/mol. The molecule has 6 heteroatoms. The molecule has 0 fully saturated rings. The summed E-state index contributed by atoms with van der Waals surface area (Å²) in [6.07, 6.45) is -2.86. The predicted molar refractivity (Wildman–Crippen MR) is 61.6 cm³/mol. The van der Waals surface area contributed by atoms with Gasteiger partial charge in [0.25, 0.3) is 6.43 Å². The van der Waals surface area contributed by atoms with Gasteiger partial charge in [0.2, 0.25) is 0 Å². The van der Waals surface area contributed by atoms with Crippen LogP contribution in [0.1, 0.15) is 40.4 Å². The second kappa shape index (κ2) is 6.31. The summed E-state index contributed by atoms with van der Waals surface area (Å²) in [5, 5.41) is 8.79. The molecule has 96 valence electrons. The molecule has 0 spiro atoms. The summed E-state index contributed by atoms with van der Waals surface area (Å²) in [6.45, 7) is 1.63. The Bertz CT molecular complexity index is 498. The Morgan fingerprint density at radius 2 is 2.22 bits per heavy atom. The van der Waals surface area contributed by atoms with Crippen LogP contribution < -0.4 is 0 Å². The third kappa shape index (κ3) is 2.96. The first-order valence-electron chi connectivity index (χ1n) is 5.13. The van der Waals surface area contributed by atoms with Crippen molar-refractivity contribution in [3.05, 3.63) is 34.4 Å². The summed E-state index contributed by atoms with van der Waals surface area (Å²) in [6, 6.07) is 4.13. The lowest BCUT2D eigenvalue weighted by molar-refractivity contribution is 0.0515. The van der Waals surface area contributed by atoms with E-state index in [2.05, 4.69) is 0 Å². The third-order valence-corrected chi connectivity index (χ3v) is 2.54. The van der Waals surface area contributed by atoms with Crippen LogP contribution in [0.4, 0.5) is 8.78 Å². The Morgan fingerprint density at radius 3 is 2.67 bits per heavy atom. The number of esters is 1. The minimum Gasteiger partial charge on any atom is -0.462 e. The predicted octanol–water partition coefficient (Wildman–Crippen LogP) is 3.41. The summed E-state index contributed by atoms with van der Waals surface area (Å²) in [4.78, 5) is 11.6. The number of hydrogen-bond donors (Lipinski definition) is 0. The van der Waals surface area contributed by atoms with E-state index in [1.807, 2.05) is 0 Å². The lowest BCUT2D eigenvalue weighted by atomic mass is 9.99. The number of carbonyl (C=O) groups is 1. The Labute approximate surface area is 108 Å². The molecule has 0 radical (unpaired) electrons. The largest absolute Gasteiger partial charge is 0.462 e. The van der Waals surface area contributed by atoms with E-state index in [-0.39, 0.29) is 29.2 Å². The lowest BCUT2D eigenvalue weighted by Crippen LogP contribution is -2.11. The maximum atomic E-state index is 13.0. The van der Waals surface area contributed by atoms with Crippen molar-refractivity contribution < 1.29 is 18.3 Å². The molecule has 0 aliphatic heterocycles. The first-order chi connectivity index (χ1) is 8.54. The van der Waals surface area contributed by atoms with Gasteiger partial charge in [-0.3, -0.25) is 0 Å². The van der Waals surface area contributed by atoms with Crippen LogP contribution in [0.25, 0.3) is 0 Å². The number of rotatable bonds is 4. The first-order valence-corrected chi connectivity index (χ1v) is 5.66. The quantitative estimate of drug-likeness (QED) is 0.624. The molecule has 0 bridgehead atoms. The standard InChI is InChI=1S/C12H10ClF2NO2/c1-2-18-12(17)9-4-7(6-16)3-8(5-13)10(9)11(14)15/h3-4,11H,2,5H2,1H3. The van der Waals surface area contributed by atoms with E-state index < -0.39 is 18.0 Å². The smallest absolute Gasteiger partial charge is 0.338 e. The Kier molecular flexibility index (Phi) is 5.05. The molecule has 1 rings (SSSR count). The van der Waals surface area contributed by atoms with E-state index in [9.17, 15) is 13.6 Å². The topological polar surface area (TPSA) is 50.1 Å². The van der Waals surface area contributed by atoms with E-state index in [0.717, 1.165) is 6.07 Å². The number of halogens is 3. The van der Waals surface area contributed by atoms with Crippen molar-refractivity contribution in [1.29, 1.82) is 5.26 Å². The number of nitrogens with zero attached hydrogens (tertiary/aromatic N) is 1. The van der Waals surface area contributed by atoms with Crippen LogP contribution in [0.5, 0.6) is 0 Å². The van der Waals surface area contributed by atoms with Gasteiger partial charge in [0.1, 0.15) is 0 Å². The highest BCUT2D eigenvalue weighted by Crippen LogP contribution is 2.29. The van der Waals surface area contributed by atoms with Crippen LogP contribution in [0.3, 0.4) is 0 Å². The van der Waals surface area contributed by atoms with Gasteiger partial charge >= 0.3 is 5.97 Å². The lowest BCUT2D eigenvalue weighted by Gasteiger charge is -2.12. The van der Waals surface area contributed by atoms with E-state index in [1.54, 1.807) is 13.0 Å². The normalized spacial score (nSPS) is 10.2. The second-order valence-electron chi connectivity index (χ2n) is 3.36. The van der Waals surface area contributed by atoms with Gasteiger partial charge in [0.15, 0.2) is 0 Å². The molecule has 18 heavy (non-hydrogen) atoms. The first kappa shape index (κ1) is 14.4. The van der Waals surface area contributed by atoms with Crippen molar-refractivity contribution in [3.63, 3.8) is 0 Å². The second-order valence-corrected chi connectivity index (χ2v) is 3.63. The van der Waals surface area contributed by atoms with E-state index in [0.29, 0.717) is 0 Å². The molecule has 0 saturated heterocycles. The third-order valence-electron chi connectivity index (χ3n) is 2.25. The Balaban J connectivity index is 3.45. The summed E-state index contributed by atoms with van der Waals surface area (Å²) >= 11 is 5.56. The van der Waals surface area contributed by atoms with Crippen molar-refractivity contribution in [2.45, 2.75) is 19.2 Å². The molecule has 0 saturated carbocycles. The highest BCUT2D eigenvalue weighted by atomic mass is 35.5. The van der Waals surface area contributed by atoms with Crippen LogP contribution >= 0.6 is 11.6 Å². The number of nitriles is 1. The zero-order valence-corrected chi connectivity index (χ0v) is 10.3.